The van der Waals surface area contributed by atoms with Crippen molar-refractivity contribution in [3.63, 3.8) is 0 Å². The van der Waals surface area contributed by atoms with Crippen LogP contribution in [0.4, 0.5) is 4.79 Å². The van der Waals surface area contributed by atoms with Crippen LogP contribution >= 0.6 is 0 Å². The molecule has 0 bridgehead atoms. The van der Waals surface area contributed by atoms with E-state index in [2.05, 4.69) is 30.8 Å². The van der Waals surface area contributed by atoms with Crippen molar-refractivity contribution < 1.29 is 131 Å². The summed E-state index contributed by atoms with van der Waals surface area (Å²) in [6, 6.07) is -9.36. The Kier molecular flexibility index (Phi) is 20.7. The molecule has 1 aromatic carbocycles. The first-order valence-electron chi connectivity index (χ1n) is 21.4. The molecule has 3 fully saturated rings. The second-order valence-corrected chi connectivity index (χ2v) is 19.0. The number of carbonyl (C=O) groups is 8. The van der Waals surface area contributed by atoms with Gasteiger partial charge in [-0.25, -0.2) is 13.2 Å². The molecule has 0 aliphatic carbocycles. The molecule has 3 aliphatic heterocycles. The minimum Gasteiger partial charge on any atom is -0.716 e. The number of hydrogen-bond acceptors (Lipinski definition) is 20. The van der Waals surface area contributed by atoms with Gasteiger partial charge in [0.2, 0.25) is 35.4 Å². The van der Waals surface area contributed by atoms with Crippen LogP contribution in [0.3, 0.4) is 0 Å². The minimum atomic E-state index is -5.48. The van der Waals surface area contributed by atoms with Crippen LogP contribution < -0.4 is 60.3 Å². The molecule has 70 heavy (non-hydrogen) atoms. The van der Waals surface area contributed by atoms with Gasteiger partial charge in [-0.15, -0.1) is 0 Å². The number of carbonyl (C=O) groups excluding carboxylic acids is 7. The van der Waals surface area contributed by atoms with E-state index in [1.807, 2.05) is 0 Å². The number of ether oxygens (including phenoxy) is 1. The third kappa shape index (κ3) is 16.0. The zero-order valence-electron chi connectivity index (χ0n) is 38.9. The molecule has 0 aromatic heterocycles. The van der Waals surface area contributed by atoms with Crippen molar-refractivity contribution in [3.8, 4) is 11.5 Å². The van der Waals surface area contributed by atoms with E-state index in [-0.39, 0.29) is 35.1 Å². The van der Waals surface area contributed by atoms with Gasteiger partial charge in [-0.2, -0.15) is 0 Å². The summed E-state index contributed by atoms with van der Waals surface area (Å²) in [5, 5.41) is 97.3. The number of aliphatic hydroxyl groups is 6. The van der Waals surface area contributed by atoms with Crippen LogP contribution in [0.5, 0.6) is 11.5 Å². The summed E-state index contributed by atoms with van der Waals surface area (Å²) in [4.78, 5) is 111. The molecule has 30 heteroatoms. The van der Waals surface area contributed by atoms with Crippen molar-refractivity contribution in [2.24, 2.45) is 5.92 Å². The van der Waals surface area contributed by atoms with Crippen LogP contribution in [0.2, 0.25) is 0 Å². The molecule has 3 saturated heterocycles. The standard InChI is InChI=1S/C40H59N7O21S.Na/c1-16-14-47-31(32(16)56)36(60)41-13-19(49)10-21(42-39(63)67-40(3,4)5)33(57)43-28(17(2)48)37(61)46-15-20(50)11-22(46)34(58)44-29(35(59)45-30(38(47)62)25(53)12-27(54)55)24(52)8-18-6-7-23(51)26(9-18)68-69(64,65)66;/h6-7,9,16-17,19-22,24-25,28-32,48-53,56H,8,10-15H2,1-5H3,(H,41,60)(H,42,63)(H,43,57)(H,44,58)(H,45,59)(H,54,55)(H,64,65,66);/q;+1/p-1/t16-,17+,19+,20+,21-,22-,24+,25+,28?,29-,30-,31-,32-;/m0./s1. The van der Waals surface area contributed by atoms with Crippen molar-refractivity contribution in [1.29, 1.82) is 0 Å². The maximum atomic E-state index is 14.4. The first kappa shape index (κ1) is 59.4. The predicted octanol–water partition coefficient (Wildman–Crippen LogP) is -9.25. The molecule has 0 spiro atoms. The first-order chi connectivity index (χ1) is 31.9. The van der Waals surface area contributed by atoms with Gasteiger partial charge >= 0.3 is 41.6 Å². The van der Waals surface area contributed by atoms with Crippen molar-refractivity contribution in [2.45, 2.75) is 139 Å². The van der Waals surface area contributed by atoms with E-state index in [0.29, 0.717) is 9.80 Å². The van der Waals surface area contributed by atoms with Crippen molar-refractivity contribution in [3.05, 3.63) is 23.8 Å². The zero-order valence-corrected chi connectivity index (χ0v) is 41.7. The number of amides is 7. The molecule has 7 amide bonds. The number of alkyl carbamates (subject to hydrolysis) is 1. The Morgan fingerprint density at radius 3 is 2.04 bits per heavy atom. The summed E-state index contributed by atoms with van der Waals surface area (Å²) in [6.45, 7) is 5.14. The van der Waals surface area contributed by atoms with Gasteiger partial charge in [0.1, 0.15) is 41.9 Å². The maximum absolute atomic E-state index is 14.4. The van der Waals surface area contributed by atoms with E-state index in [1.165, 1.54) is 27.7 Å². The van der Waals surface area contributed by atoms with E-state index in [4.69, 9.17) is 4.74 Å². The molecule has 1 unspecified atom stereocenters. The topological polar surface area (TPSA) is 441 Å². The van der Waals surface area contributed by atoms with Crippen molar-refractivity contribution in [1.82, 2.24) is 36.4 Å². The molecule has 13 atom stereocenters. The zero-order chi connectivity index (χ0) is 52.0. The maximum Gasteiger partial charge on any atom is 1.00 e. The number of fused-ring (bicyclic) bond motifs is 2. The van der Waals surface area contributed by atoms with Gasteiger partial charge in [-0.1, -0.05) is 13.0 Å². The smallest absolute Gasteiger partial charge is 0.716 e. The number of aromatic hydroxyl groups is 1. The molecule has 1 aromatic rings. The SMILES string of the molecule is C[C@@H](O)C1NC(=O)[C@@H](NC(=O)OC(C)(C)C)C[C@@H](O)CNC(=O)[C@@H]2[C@@H](O)[C@@H](C)CN2C(=O)[C@H]([C@H](O)CC(=O)O)NC(=O)[C@H]([C@H](O)Cc2ccc(O)c(OS(=O)(=O)[O-])c2)NC(=O)[C@@H]2C[C@@H](O)CN2C1=O.[Na+]. The number of carboxylic acids is 1. The number of nitrogens with zero attached hydrogens (tertiary/aromatic N) is 2. The number of benzene rings is 1. The Bertz CT molecular complexity index is 2230. The molecular formula is C40H58N7NaO21S. The average molecular weight is 1030 g/mol. The second-order valence-electron chi connectivity index (χ2n) is 18.1. The molecule has 0 radical (unpaired) electrons. The fourth-order valence-electron chi connectivity index (χ4n) is 7.89. The summed E-state index contributed by atoms with van der Waals surface area (Å²) in [6.07, 6.45) is -15.7. The summed E-state index contributed by atoms with van der Waals surface area (Å²) in [5.74, 6) is -12.2. The Balaban J connectivity index is 0.0000130. The van der Waals surface area contributed by atoms with Gasteiger partial charge in [-0.05, 0) is 45.4 Å². The van der Waals surface area contributed by atoms with Crippen LogP contribution in [0.1, 0.15) is 59.4 Å². The van der Waals surface area contributed by atoms with Crippen molar-refractivity contribution >= 4 is 57.9 Å². The fourth-order valence-corrected chi connectivity index (χ4v) is 8.24. The normalized spacial score (nSPS) is 29.0. The molecule has 4 rings (SSSR count). The van der Waals surface area contributed by atoms with Crippen LogP contribution in [0.15, 0.2) is 18.2 Å². The summed E-state index contributed by atoms with van der Waals surface area (Å²) in [7, 11) is -5.48. The molecule has 0 saturated carbocycles. The van der Waals surface area contributed by atoms with Gasteiger partial charge in [0.05, 0.1) is 43.0 Å². The van der Waals surface area contributed by atoms with Crippen LogP contribution in [-0.4, -0.2) is 209 Å². The summed E-state index contributed by atoms with van der Waals surface area (Å²) < 4.78 is 43.4. The van der Waals surface area contributed by atoms with Gasteiger partial charge in [0.15, 0.2) is 11.5 Å². The van der Waals surface area contributed by atoms with E-state index in [9.17, 15) is 92.2 Å². The van der Waals surface area contributed by atoms with E-state index in [1.54, 1.807) is 0 Å². The monoisotopic (exact) mass is 1030 g/mol. The Hall–Kier alpha value is -4.95. The van der Waals surface area contributed by atoms with Gasteiger partial charge in [0, 0.05) is 44.8 Å². The second kappa shape index (κ2) is 24.4. The Morgan fingerprint density at radius 2 is 1.46 bits per heavy atom. The third-order valence-corrected chi connectivity index (χ3v) is 11.6. The summed E-state index contributed by atoms with van der Waals surface area (Å²) in [5.41, 5.74) is -1.29. The van der Waals surface area contributed by atoms with Crippen LogP contribution in [0.25, 0.3) is 0 Å². The molecule has 3 heterocycles. The number of carboxylic acid groups (broad SMARTS) is 1. The van der Waals surface area contributed by atoms with Crippen LogP contribution in [-0.2, 0) is 55.1 Å². The molecule has 3 aliphatic rings. The van der Waals surface area contributed by atoms with E-state index >= 15 is 0 Å². The van der Waals surface area contributed by atoms with Gasteiger partial charge < -0.3 is 90.7 Å². The Labute approximate surface area is 422 Å². The fraction of sp³-hybridized carbons (Fsp3) is 0.650. The quantitative estimate of drug-likeness (QED) is 0.0588. The van der Waals surface area contributed by atoms with E-state index < -0.39 is 199 Å². The number of hydrogen-bond donors (Lipinski definition) is 13. The molecule has 28 nitrogen and oxygen atoms in total. The largest absolute Gasteiger partial charge is 1.00 e. The number of phenols is 1. The van der Waals surface area contributed by atoms with Gasteiger partial charge in [0.25, 0.3) is 10.4 Å². The summed E-state index contributed by atoms with van der Waals surface area (Å²) >= 11 is 0. The Morgan fingerprint density at radius 1 is 0.857 bits per heavy atom. The average Bonchev–Trinajstić information content (AvgIpc) is 3.76. The molecule has 13 N–H and O–H groups in total. The van der Waals surface area contributed by atoms with Crippen molar-refractivity contribution in [2.75, 3.05) is 19.6 Å². The number of β-amino-alcohol motifs (C(OH)–C–C–N with tert-alkyl or cyclic N) is 1. The number of nitrogens with one attached hydrogen (secondary N) is 5. The molecular weight excluding hydrogens is 970 g/mol. The minimum absolute atomic E-state index is 0. The number of rotatable bonds is 10. The van der Waals surface area contributed by atoms with E-state index in [0.717, 1.165) is 25.1 Å². The predicted molar refractivity (Wildman–Crippen MR) is 227 cm³/mol. The number of phenolic OH excluding ortho intramolecular Hbond substituents is 1. The number of aliphatic hydroxyl groups excluding tert-OH is 6. The van der Waals surface area contributed by atoms with Crippen LogP contribution in [0, 0.1) is 5.92 Å². The first-order valence-corrected chi connectivity index (χ1v) is 22.8. The third-order valence-electron chi connectivity index (χ3n) is 11.2. The number of aliphatic carboxylic acids is 1. The molecule has 386 valence electrons. The van der Waals surface area contributed by atoms with Gasteiger partial charge in [-0.3, -0.25) is 33.6 Å².